The molecule has 0 aromatic heterocycles. The topological polar surface area (TPSA) is 117 Å². The third-order valence-electron chi connectivity index (χ3n) is 4.39. The zero-order valence-corrected chi connectivity index (χ0v) is 18.0. The Labute approximate surface area is 183 Å². The Morgan fingerprint density at radius 2 is 1.78 bits per heavy atom. The molecule has 0 spiro atoms. The second kappa shape index (κ2) is 10.9. The first kappa shape index (κ1) is 24.4. The number of esters is 1. The molecule has 0 fully saturated rings. The lowest BCUT2D eigenvalue weighted by Crippen LogP contribution is -2.31. The van der Waals surface area contributed by atoms with Crippen molar-refractivity contribution in [2.45, 2.75) is 13.5 Å². The largest absolute Gasteiger partial charge is 0.494 e. The highest BCUT2D eigenvalue weighted by Crippen LogP contribution is 2.35. The summed E-state index contributed by atoms with van der Waals surface area (Å²) in [6.07, 6.45) is 0. The van der Waals surface area contributed by atoms with Crippen LogP contribution in [0.1, 0.15) is 22.8 Å². The Balaban J connectivity index is 2.09. The molecule has 0 aliphatic rings. The Morgan fingerprint density at radius 1 is 1.09 bits per heavy atom. The number of carbonyl (C=O) groups is 2. The van der Waals surface area contributed by atoms with Crippen molar-refractivity contribution in [2.24, 2.45) is 0 Å². The van der Waals surface area contributed by atoms with Crippen LogP contribution in [0.2, 0.25) is 0 Å². The fourth-order valence-electron chi connectivity index (χ4n) is 2.78. The molecule has 0 aliphatic heterocycles. The highest BCUT2D eigenvalue weighted by molar-refractivity contribution is 5.96. The smallest absolute Gasteiger partial charge is 0.345 e. The van der Waals surface area contributed by atoms with E-state index < -0.39 is 34.9 Å². The third-order valence-corrected chi connectivity index (χ3v) is 4.39. The molecule has 0 aliphatic carbocycles. The molecule has 0 radical (unpaired) electrons. The van der Waals surface area contributed by atoms with Crippen molar-refractivity contribution in [1.82, 2.24) is 4.90 Å². The highest BCUT2D eigenvalue weighted by atomic mass is 19.1. The minimum atomic E-state index is -1.07. The summed E-state index contributed by atoms with van der Waals surface area (Å²) in [5.41, 5.74) is -0.436. The molecule has 0 heterocycles. The summed E-state index contributed by atoms with van der Waals surface area (Å²) in [5, 5.41) is 11.4. The number of nitro benzene ring substituents is 1. The van der Waals surface area contributed by atoms with E-state index in [1.54, 1.807) is 13.0 Å². The van der Waals surface area contributed by atoms with Crippen LogP contribution in [0.3, 0.4) is 0 Å². The lowest BCUT2D eigenvalue weighted by atomic mass is 10.1. The molecule has 2 aromatic carbocycles. The number of benzene rings is 2. The lowest BCUT2D eigenvalue weighted by Gasteiger charge is -2.18. The van der Waals surface area contributed by atoms with Crippen molar-refractivity contribution in [3.05, 3.63) is 57.4 Å². The molecule has 0 unspecified atom stereocenters. The van der Waals surface area contributed by atoms with E-state index >= 15 is 0 Å². The van der Waals surface area contributed by atoms with E-state index in [1.807, 2.05) is 0 Å². The number of halogens is 1. The average Bonchev–Trinajstić information content (AvgIpc) is 2.77. The summed E-state index contributed by atoms with van der Waals surface area (Å²) in [6, 6.07) is 6.43. The van der Waals surface area contributed by atoms with Gasteiger partial charge in [0.25, 0.3) is 11.6 Å². The van der Waals surface area contributed by atoms with Gasteiger partial charge in [0.05, 0.1) is 31.8 Å². The van der Waals surface area contributed by atoms with E-state index in [1.165, 1.54) is 38.3 Å². The van der Waals surface area contributed by atoms with E-state index in [0.29, 0.717) is 5.56 Å². The second-order valence-electron chi connectivity index (χ2n) is 6.51. The van der Waals surface area contributed by atoms with Crippen LogP contribution in [-0.2, 0) is 16.1 Å². The zero-order valence-electron chi connectivity index (χ0n) is 18.0. The quantitative estimate of drug-likeness (QED) is 0.308. The molecule has 1 amide bonds. The number of nitro groups is 1. The van der Waals surface area contributed by atoms with E-state index in [9.17, 15) is 24.1 Å². The van der Waals surface area contributed by atoms with Crippen LogP contribution in [0.15, 0.2) is 30.3 Å². The molecule has 11 heteroatoms. The standard InChI is InChI=1S/C21H23FN2O8/c1-5-31-19-10-16(24(27)28)14(9-18(19)30-4)21(26)32-12-20(25)23(2)11-13-6-7-17(29-3)15(22)8-13/h6-10H,5,11-12H2,1-4H3. The molecule has 2 aromatic rings. The van der Waals surface area contributed by atoms with E-state index in [-0.39, 0.29) is 36.0 Å². The maximum Gasteiger partial charge on any atom is 0.345 e. The SMILES string of the molecule is CCOc1cc([N+](=O)[O-])c(C(=O)OCC(=O)N(C)Cc2ccc(OC)c(F)c2)cc1OC. The van der Waals surface area contributed by atoms with Crippen LogP contribution >= 0.6 is 0 Å². The Morgan fingerprint density at radius 3 is 2.34 bits per heavy atom. The number of methoxy groups -OCH3 is 2. The first-order chi connectivity index (χ1) is 15.2. The Hall–Kier alpha value is -3.89. The summed E-state index contributed by atoms with van der Waals surface area (Å²) < 4.78 is 34.0. The van der Waals surface area contributed by atoms with Crippen molar-refractivity contribution >= 4 is 17.6 Å². The van der Waals surface area contributed by atoms with Crippen molar-refractivity contribution < 1.29 is 37.9 Å². The molecular formula is C21H23FN2O8. The van der Waals surface area contributed by atoms with Gasteiger partial charge in [0.15, 0.2) is 29.7 Å². The number of ether oxygens (including phenoxy) is 4. The minimum absolute atomic E-state index is 0.0499. The first-order valence-electron chi connectivity index (χ1n) is 9.44. The lowest BCUT2D eigenvalue weighted by molar-refractivity contribution is -0.385. The van der Waals surface area contributed by atoms with Crippen molar-refractivity contribution in [1.29, 1.82) is 0 Å². The van der Waals surface area contributed by atoms with Crippen LogP contribution in [0, 0.1) is 15.9 Å². The molecule has 0 N–H and O–H groups in total. The molecule has 0 bridgehead atoms. The van der Waals surface area contributed by atoms with Gasteiger partial charge in [-0.05, 0) is 24.6 Å². The summed E-state index contributed by atoms with van der Waals surface area (Å²) in [4.78, 5) is 36.6. The van der Waals surface area contributed by atoms with Gasteiger partial charge in [-0.3, -0.25) is 14.9 Å². The van der Waals surface area contributed by atoms with Crippen molar-refractivity contribution in [3.63, 3.8) is 0 Å². The Bertz CT molecular complexity index is 1010. The molecular weight excluding hydrogens is 427 g/mol. The molecule has 0 saturated carbocycles. The predicted molar refractivity (Wildman–Crippen MR) is 111 cm³/mol. The molecule has 10 nitrogen and oxygen atoms in total. The summed E-state index contributed by atoms with van der Waals surface area (Å²) in [5.74, 6) is -1.96. The molecule has 0 atom stereocenters. The molecule has 0 saturated heterocycles. The number of carbonyl (C=O) groups excluding carboxylic acids is 2. The van der Waals surface area contributed by atoms with Crippen LogP contribution < -0.4 is 14.2 Å². The summed E-state index contributed by atoms with van der Waals surface area (Å²) >= 11 is 0. The minimum Gasteiger partial charge on any atom is -0.494 e. The first-order valence-corrected chi connectivity index (χ1v) is 9.44. The normalized spacial score (nSPS) is 10.3. The predicted octanol–water partition coefficient (Wildman–Crippen LogP) is 2.97. The third kappa shape index (κ3) is 5.84. The fourth-order valence-corrected chi connectivity index (χ4v) is 2.78. The van der Waals surface area contributed by atoms with Gasteiger partial charge in [-0.15, -0.1) is 0 Å². The summed E-state index contributed by atoms with van der Waals surface area (Å²) in [7, 11) is 4.10. The number of hydrogen-bond acceptors (Lipinski definition) is 8. The fraction of sp³-hybridized carbons (Fsp3) is 0.333. The summed E-state index contributed by atoms with van der Waals surface area (Å²) in [6.45, 7) is 1.31. The van der Waals surface area contributed by atoms with E-state index in [2.05, 4.69) is 0 Å². The van der Waals surface area contributed by atoms with Gasteiger partial charge >= 0.3 is 5.97 Å². The van der Waals surface area contributed by atoms with E-state index in [4.69, 9.17) is 18.9 Å². The van der Waals surface area contributed by atoms with Gasteiger partial charge < -0.3 is 23.8 Å². The van der Waals surface area contributed by atoms with Gasteiger partial charge in [-0.1, -0.05) is 6.07 Å². The number of nitrogens with zero attached hydrogens (tertiary/aromatic N) is 2. The maximum absolute atomic E-state index is 13.8. The number of amides is 1. The van der Waals surface area contributed by atoms with Gasteiger partial charge in [0, 0.05) is 19.7 Å². The van der Waals surface area contributed by atoms with Crippen LogP contribution in [0.4, 0.5) is 10.1 Å². The number of rotatable bonds is 10. The average molecular weight is 450 g/mol. The number of likely N-dealkylation sites (N-methyl/N-ethyl adjacent to an activating group) is 1. The van der Waals surface area contributed by atoms with Crippen LogP contribution in [0.25, 0.3) is 0 Å². The monoisotopic (exact) mass is 450 g/mol. The molecule has 2 rings (SSSR count). The van der Waals surface area contributed by atoms with Crippen LogP contribution in [-0.4, -0.2) is 56.2 Å². The second-order valence-corrected chi connectivity index (χ2v) is 6.51. The van der Waals surface area contributed by atoms with Gasteiger partial charge in [0.2, 0.25) is 0 Å². The van der Waals surface area contributed by atoms with E-state index in [0.717, 1.165) is 12.1 Å². The van der Waals surface area contributed by atoms with Gasteiger partial charge in [-0.2, -0.15) is 0 Å². The molecule has 32 heavy (non-hydrogen) atoms. The van der Waals surface area contributed by atoms with Crippen molar-refractivity contribution in [3.8, 4) is 17.2 Å². The van der Waals surface area contributed by atoms with Crippen molar-refractivity contribution in [2.75, 3.05) is 34.5 Å². The maximum atomic E-state index is 13.8. The Kier molecular flexibility index (Phi) is 8.33. The van der Waals surface area contributed by atoms with Gasteiger partial charge in [-0.25, -0.2) is 9.18 Å². The van der Waals surface area contributed by atoms with Gasteiger partial charge in [0.1, 0.15) is 5.56 Å². The molecule has 172 valence electrons. The highest BCUT2D eigenvalue weighted by Gasteiger charge is 2.26. The zero-order chi connectivity index (χ0) is 23.8. The number of hydrogen-bond donors (Lipinski definition) is 0. The van der Waals surface area contributed by atoms with Crippen LogP contribution in [0.5, 0.6) is 17.2 Å².